The highest BCUT2D eigenvalue weighted by Crippen LogP contribution is 2.66. The fraction of sp³-hybridized carbons (Fsp3) is 0.556. The molecule has 32 heavy (non-hydrogen) atoms. The van der Waals surface area contributed by atoms with E-state index in [0.29, 0.717) is 4.57 Å². The molecular formula is C9H15N6O14P3. The second-order valence-corrected chi connectivity index (χ2v) is 10.3. The number of hydrogen-bond donors (Lipinski definition) is 7. The predicted molar refractivity (Wildman–Crippen MR) is 96.7 cm³/mol. The third kappa shape index (κ3) is 6.41. The van der Waals surface area contributed by atoms with Crippen LogP contribution < -0.4 is 11.4 Å². The summed E-state index contributed by atoms with van der Waals surface area (Å²) in [6.45, 7) is -1.44. The van der Waals surface area contributed by atoms with Crippen molar-refractivity contribution in [3.05, 3.63) is 33.2 Å². The van der Waals surface area contributed by atoms with Crippen molar-refractivity contribution in [2.24, 2.45) is 5.11 Å². The predicted octanol–water partition coefficient (Wildman–Crippen LogP) is -1.57. The van der Waals surface area contributed by atoms with Gasteiger partial charge in [0.05, 0.1) is 6.61 Å². The standard InChI is InChI=1S/C9H15N6O14P3/c10-4-1-2-15(8(18)12-4)7-5(16)6(17)9(27-7,13-14-11)3-26-31(22,23)29-32(24,25)28-30(19,20)21/h1-2,5-7,16-17H,3H2,(H,22,23)(H,24,25)(H2,10,12,18)(H2,19,20,21)/t5-,6-,7+,9?/m0/s1. The smallest absolute Gasteiger partial charge is 0.387 e. The first-order chi connectivity index (χ1) is 14.5. The summed E-state index contributed by atoms with van der Waals surface area (Å²) in [5, 5.41) is 23.6. The molecule has 180 valence electrons. The van der Waals surface area contributed by atoms with Crippen LogP contribution >= 0.6 is 23.5 Å². The number of azide groups is 1. The molecule has 0 bridgehead atoms. The summed E-state index contributed by atoms with van der Waals surface area (Å²) in [4.78, 5) is 53.3. The topological polar surface area (TPSA) is 319 Å². The minimum atomic E-state index is -5.86. The minimum absolute atomic E-state index is 0.201. The summed E-state index contributed by atoms with van der Waals surface area (Å²) in [5.74, 6) is -0.201. The number of hydrogen-bond acceptors (Lipinski definition) is 13. The Hall–Kier alpha value is -1.72. The molecule has 0 saturated carbocycles. The van der Waals surface area contributed by atoms with E-state index >= 15 is 0 Å². The summed E-state index contributed by atoms with van der Waals surface area (Å²) in [5.41, 5.74) is 10.3. The Morgan fingerprint density at radius 1 is 1.25 bits per heavy atom. The van der Waals surface area contributed by atoms with E-state index < -0.39 is 59.9 Å². The molecule has 20 nitrogen and oxygen atoms in total. The molecule has 1 aliphatic rings. The number of aromatic nitrogens is 2. The number of anilines is 1. The normalized spacial score (nSPS) is 29.6. The lowest BCUT2D eigenvalue weighted by Crippen LogP contribution is -2.44. The van der Waals surface area contributed by atoms with E-state index in [1.807, 2.05) is 0 Å². The Balaban J connectivity index is 2.28. The first-order valence-corrected chi connectivity index (χ1v) is 12.3. The first-order valence-electron chi connectivity index (χ1n) is 7.74. The van der Waals surface area contributed by atoms with Crippen LogP contribution in [-0.4, -0.2) is 63.9 Å². The number of rotatable bonds is 9. The van der Waals surface area contributed by atoms with E-state index in [9.17, 15) is 33.6 Å². The van der Waals surface area contributed by atoms with Gasteiger partial charge in [-0.1, -0.05) is 5.11 Å². The van der Waals surface area contributed by atoms with Crippen molar-refractivity contribution in [1.82, 2.24) is 9.55 Å². The number of phosphoric acid groups is 3. The number of aliphatic hydroxyl groups excluding tert-OH is 2. The molecule has 0 aromatic carbocycles. The first kappa shape index (κ1) is 26.5. The second kappa shape index (κ2) is 9.26. The maximum absolute atomic E-state index is 12.0. The molecule has 0 radical (unpaired) electrons. The van der Waals surface area contributed by atoms with E-state index in [1.165, 1.54) is 0 Å². The molecule has 1 aromatic rings. The van der Waals surface area contributed by atoms with Crippen molar-refractivity contribution in [2.45, 2.75) is 24.2 Å². The molecule has 8 N–H and O–H groups in total. The summed E-state index contributed by atoms with van der Waals surface area (Å²) in [6.07, 6.45) is -4.99. The van der Waals surface area contributed by atoms with Crippen LogP contribution in [0.2, 0.25) is 0 Å². The summed E-state index contributed by atoms with van der Waals surface area (Å²) < 4.78 is 51.0. The number of nitrogens with two attached hydrogens (primary N) is 1. The van der Waals surface area contributed by atoms with Gasteiger partial charge in [-0.05, 0) is 11.6 Å². The Morgan fingerprint density at radius 2 is 1.88 bits per heavy atom. The number of aliphatic hydroxyl groups is 2. The zero-order valence-electron chi connectivity index (χ0n) is 15.2. The van der Waals surface area contributed by atoms with Crippen LogP contribution in [0, 0.1) is 0 Å². The van der Waals surface area contributed by atoms with E-state index in [1.54, 1.807) is 0 Å². The van der Waals surface area contributed by atoms with Crippen LogP contribution in [0.4, 0.5) is 5.82 Å². The maximum atomic E-state index is 12.0. The molecule has 1 aromatic heterocycles. The average molecular weight is 524 g/mol. The van der Waals surface area contributed by atoms with Gasteiger partial charge >= 0.3 is 29.2 Å². The lowest BCUT2D eigenvalue weighted by molar-refractivity contribution is -0.123. The zero-order valence-corrected chi connectivity index (χ0v) is 17.9. The van der Waals surface area contributed by atoms with Crippen molar-refractivity contribution < 1.29 is 61.4 Å². The molecule has 0 spiro atoms. The second-order valence-electron chi connectivity index (χ2n) is 5.88. The van der Waals surface area contributed by atoms with Crippen molar-refractivity contribution in [3.8, 4) is 0 Å². The summed E-state index contributed by atoms with van der Waals surface area (Å²) >= 11 is 0. The highest BCUT2D eigenvalue weighted by atomic mass is 31.3. The van der Waals surface area contributed by atoms with Gasteiger partial charge in [-0.25, -0.2) is 18.5 Å². The molecular weight excluding hydrogens is 509 g/mol. The van der Waals surface area contributed by atoms with Gasteiger partial charge in [-0.15, -0.1) is 0 Å². The highest BCUT2D eigenvalue weighted by molar-refractivity contribution is 7.66. The van der Waals surface area contributed by atoms with Gasteiger partial charge in [0.2, 0.25) is 5.72 Å². The fourth-order valence-electron chi connectivity index (χ4n) is 2.40. The van der Waals surface area contributed by atoms with Crippen LogP contribution in [0.1, 0.15) is 6.23 Å². The molecule has 2 heterocycles. The molecule has 1 saturated heterocycles. The summed E-state index contributed by atoms with van der Waals surface area (Å²) in [6, 6.07) is 1.11. The number of nitrogen functional groups attached to an aromatic ring is 1. The van der Waals surface area contributed by atoms with Gasteiger partial charge in [0.1, 0.15) is 18.0 Å². The van der Waals surface area contributed by atoms with Gasteiger partial charge in [0, 0.05) is 11.1 Å². The Bertz CT molecular complexity index is 1120. The van der Waals surface area contributed by atoms with Gasteiger partial charge in [0.15, 0.2) is 6.23 Å². The van der Waals surface area contributed by atoms with E-state index in [4.69, 9.17) is 30.7 Å². The van der Waals surface area contributed by atoms with Crippen molar-refractivity contribution in [3.63, 3.8) is 0 Å². The van der Waals surface area contributed by atoms with Crippen LogP contribution in [0.25, 0.3) is 10.4 Å². The molecule has 0 amide bonds. The van der Waals surface area contributed by atoms with E-state index in [2.05, 4.69) is 28.2 Å². The number of phosphoric ester groups is 1. The fourth-order valence-corrected chi connectivity index (χ4v) is 5.44. The van der Waals surface area contributed by atoms with E-state index in [0.717, 1.165) is 12.3 Å². The third-order valence-electron chi connectivity index (χ3n) is 3.59. The lowest BCUT2D eigenvalue weighted by Gasteiger charge is -2.27. The zero-order chi connectivity index (χ0) is 24.5. The lowest BCUT2D eigenvalue weighted by atomic mass is 10.1. The largest absolute Gasteiger partial charge is 0.490 e. The average Bonchev–Trinajstić information content (AvgIpc) is 2.83. The molecule has 2 rings (SSSR count). The molecule has 0 aliphatic carbocycles. The van der Waals surface area contributed by atoms with Gasteiger partial charge in [-0.2, -0.15) is 13.6 Å². The van der Waals surface area contributed by atoms with Crippen molar-refractivity contribution in [1.29, 1.82) is 0 Å². The van der Waals surface area contributed by atoms with Gasteiger partial charge in [0.25, 0.3) is 0 Å². The van der Waals surface area contributed by atoms with Gasteiger partial charge < -0.3 is 40.3 Å². The molecule has 1 fully saturated rings. The summed E-state index contributed by atoms with van der Waals surface area (Å²) in [7, 11) is -17.2. The Kier molecular flexibility index (Phi) is 7.68. The molecule has 23 heteroatoms. The third-order valence-corrected chi connectivity index (χ3v) is 7.38. The Morgan fingerprint density at radius 3 is 2.41 bits per heavy atom. The molecule has 6 atom stereocenters. The quantitative estimate of drug-likeness (QED) is 0.0829. The number of nitrogens with zero attached hydrogens (tertiary/aromatic N) is 5. The van der Waals surface area contributed by atoms with Crippen LogP contribution in [0.3, 0.4) is 0 Å². The molecule has 3 unspecified atom stereocenters. The van der Waals surface area contributed by atoms with Gasteiger partial charge in [-0.3, -0.25) is 9.09 Å². The van der Waals surface area contributed by atoms with E-state index in [-0.39, 0.29) is 5.82 Å². The van der Waals surface area contributed by atoms with Crippen LogP contribution in [0.5, 0.6) is 0 Å². The number of ether oxygens (including phenoxy) is 1. The Labute approximate surface area is 175 Å². The van der Waals surface area contributed by atoms with Crippen molar-refractivity contribution >= 4 is 29.3 Å². The van der Waals surface area contributed by atoms with Crippen LogP contribution in [-0.2, 0) is 31.6 Å². The molecule has 1 aliphatic heterocycles. The maximum Gasteiger partial charge on any atom is 0.490 e. The highest BCUT2D eigenvalue weighted by Gasteiger charge is 2.56. The van der Waals surface area contributed by atoms with Crippen LogP contribution in [0.15, 0.2) is 22.2 Å². The minimum Gasteiger partial charge on any atom is -0.387 e. The SMILES string of the molecule is [N-]=[N+]=NC1(COP(=O)(O)OP(=O)(O)OP(=O)(O)O)O[C@@H](n2ccc(N)nc2=O)[C@@H](O)[C@@H]1O. The van der Waals surface area contributed by atoms with Crippen molar-refractivity contribution in [2.75, 3.05) is 12.3 Å². The monoisotopic (exact) mass is 524 g/mol.